The number of phenolic OH excluding ortho intramolecular Hbond substituents is 1. The molecule has 1 heteroatoms. The van der Waals surface area contributed by atoms with Crippen LogP contribution in [0, 0.1) is 20.8 Å². The predicted molar refractivity (Wildman–Crippen MR) is 71.6 cm³/mol. The lowest BCUT2D eigenvalue weighted by Crippen LogP contribution is -1.94. The van der Waals surface area contributed by atoms with Gasteiger partial charge in [0.25, 0.3) is 0 Å². The molecule has 2 rings (SSSR count). The van der Waals surface area contributed by atoms with Crippen LogP contribution in [-0.2, 0) is 6.42 Å². The van der Waals surface area contributed by atoms with Crippen molar-refractivity contribution in [3.63, 3.8) is 0 Å². The van der Waals surface area contributed by atoms with Crippen molar-refractivity contribution in [3.05, 3.63) is 64.2 Å². The topological polar surface area (TPSA) is 20.2 Å². The van der Waals surface area contributed by atoms with Crippen molar-refractivity contribution in [2.45, 2.75) is 27.2 Å². The van der Waals surface area contributed by atoms with Crippen LogP contribution in [0.4, 0.5) is 0 Å². The number of aromatic hydroxyl groups is 1. The minimum atomic E-state index is 0.386. The van der Waals surface area contributed by atoms with Crippen LogP contribution in [0.1, 0.15) is 27.8 Å². The van der Waals surface area contributed by atoms with Gasteiger partial charge in [0.2, 0.25) is 0 Å². The van der Waals surface area contributed by atoms with Gasteiger partial charge in [0.05, 0.1) is 0 Å². The molecule has 0 atom stereocenters. The van der Waals surface area contributed by atoms with Gasteiger partial charge in [0, 0.05) is 6.42 Å². The second kappa shape index (κ2) is 4.62. The maximum absolute atomic E-state index is 9.86. The molecule has 0 radical (unpaired) electrons. The molecule has 0 aliphatic carbocycles. The summed E-state index contributed by atoms with van der Waals surface area (Å²) in [5.41, 5.74) is 6.00. The second-order valence-electron chi connectivity index (χ2n) is 4.74. The van der Waals surface area contributed by atoms with Gasteiger partial charge in [0.1, 0.15) is 5.75 Å². The van der Waals surface area contributed by atoms with E-state index in [2.05, 4.69) is 38.1 Å². The van der Waals surface area contributed by atoms with E-state index in [0.717, 1.165) is 12.0 Å². The molecule has 0 bridgehead atoms. The van der Waals surface area contributed by atoms with E-state index in [1.807, 2.05) is 13.0 Å². The highest BCUT2D eigenvalue weighted by molar-refractivity contribution is 5.41. The Morgan fingerprint density at radius 2 is 1.41 bits per heavy atom. The fraction of sp³-hybridized carbons (Fsp3) is 0.250. The van der Waals surface area contributed by atoms with Gasteiger partial charge in [0.15, 0.2) is 0 Å². The third-order valence-electron chi connectivity index (χ3n) is 3.12. The average Bonchev–Trinajstić information content (AvgIpc) is 2.28. The van der Waals surface area contributed by atoms with Crippen LogP contribution in [0.2, 0.25) is 0 Å². The van der Waals surface area contributed by atoms with Crippen molar-refractivity contribution >= 4 is 0 Å². The summed E-state index contributed by atoms with van der Waals surface area (Å²) in [7, 11) is 0. The molecule has 0 saturated carbocycles. The van der Waals surface area contributed by atoms with E-state index in [0.29, 0.717) is 5.75 Å². The Balaban J connectivity index is 2.37. The molecule has 0 aliphatic heterocycles. The lowest BCUT2D eigenvalue weighted by atomic mass is 9.97. The zero-order valence-corrected chi connectivity index (χ0v) is 10.6. The molecule has 2 aromatic carbocycles. The first-order valence-electron chi connectivity index (χ1n) is 5.91. The Kier molecular flexibility index (Phi) is 3.19. The molecule has 88 valence electrons. The Morgan fingerprint density at radius 3 is 2.12 bits per heavy atom. The van der Waals surface area contributed by atoms with Crippen LogP contribution in [0.5, 0.6) is 5.75 Å². The Morgan fingerprint density at radius 1 is 0.824 bits per heavy atom. The third kappa shape index (κ3) is 2.68. The fourth-order valence-corrected chi connectivity index (χ4v) is 2.05. The minimum absolute atomic E-state index is 0.386. The number of rotatable bonds is 2. The second-order valence-corrected chi connectivity index (χ2v) is 4.74. The molecule has 0 saturated heterocycles. The van der Waals surface area contributed by atoms with E-state index in [-0.39, 0.29) is 0 Å². The molecule has 1 N–H and O–H groups in total. The molecular weight excluding hydrogens is 208 g/mol. The monoisotopic (exact) mass is 226 g/mol. The SMILES string of the molecule is Cc1ccc(C)c(Cc2cc(C)ccc2O)c1. The number of benzene rings is 2. The summed E-state index contributed by atoms with van der Waals surface area (Å²) in [6, 6.07) is 12.2. The molecule has 0 unspecified atom stereocenters. The highest BCUT2D eigenvalue weighted by Crippen LogP contribution is 2.23. The van der Waals surface area contributed by atoms with E-state index in [1.54, 1.807) is 6.07 Å². The summed E-state index contributed by atoms with van der Waals surface area (Å²) in [6.45, 7) is 6.26. The van der Waals surface area contributed by atoms with E-state index in [1.165, 1.54) is 22.3 Å². The zero-order valence-electron chi connectivity index (χ0n) is 10.6. The quantitative estimate of drug-likeness (QED) is 0.823. The van der Waals surface area contributed by atoms with Crippen LogP contribution in [-0.4, -0.2) is 5.11 Å². The molecule has 0 heterocycles. The summed E-state index contributed by atoms with van der Waals surface area (Å²) in [4.78, 5) is 0. The zero-order chi connectivity index (χ0) is 12.4. The Labute approximate surface area is 103 Å². The van der Waals surface area contributed by atoms with E-state index in [4.69, 9.17) is 0 Å². The van der Waals surface area contributed by atoms with Crippen LogP contribution in [0.3, 0.4) is 0 Å². The van der Waals surface area contributed by atoms with Crippen molar-refractivity contribution in [1.29, 1.82) is 0 Å². The van der Waals surface area contributed by atoms with Gasteiger partial charge in [-0.1, -0.05) is 41.5 Å². The van der Waals surface area contributed by atoms with Crippen LogP contribution in [0.25, 0.3) is 0 Å². The fourth-order valence-electron chi connectivity index (χ4n) is 2.05. The highest BCUT2D eigenvalue weighted by Gasteiger charge is 2.05. The smallest absolute Gasteiger partial charge is 0.119 e. The van der Waals surface area contributed by atoms with Crippen molar-refractivity contribution in [2.75, 3.05) is 0 Å². The van der Waals surface area contributed by atoms with Crippen molar-refractivity contribution < 1.29 is 5.11 Å². The van der Waals surface area contributed by atoms with Crippen molar-refractivity contribution in [3.8, 4) is 5.75 Å². The van der Waals surface area contributed by atoms with Crippen molar-refractivity contribution in [2.24, 2.45) is 0 Å². The summed E-state index contributed by atoms with van der Waals surface area (Å²) in [5.74, 6) is 0.386. The number of hydrogen-bond acceptors (Lipinski definition) is 1. The van der Waals surface area contributed by atoms with Gasteiger partial charge in [-0.15, -0.1) is 0 Å². The van der Waals surface area contributed by atoms with Crippen LogP contribution >= 0.6 is 0 Å². The number of phenols is 1. The van der Waals surface area contributed by atoms with Gasteiger partial charge in [-0.2, -0.15) is 0 Å². The van der Waals surface area contributed by atoms with E-state index >= 15 is 0 Å². The van der Waals surface area contributed by atoms with E-state index < -0.39 is 0 Å². The minimum Gasteiger partial charge on any atom is -0.508 e. The van der Waals surface area contributed by atoms with Crippen LogP contribution in [0.15, 0.2) is 36.4 Å². The standard InChI is InChI=1S/C16H18O/c1-11-4-6-13(3)14(8-11)10-15-9-12(2)5-7-16(15)17/h4-9,17H,10H2,1-3H3. The molecule has 0 aliphatic rings. The maximum Gasteiger partial charge on any atom is 0.119 e. The lowest BCUT2D eigenvalue weighted by Gasteiger charge is -2.09. The summed E-state index contributed by atoms with van der Waals surface area (Å²) in [6.07, 6.45) is 0.793. The van der Waals surface area contributed by atoms with Gasteiger partial charge in [-0.3, -0.25) is 0 Å². The third-order valence-corrected chi connectivity index (χ3v) is 3.12. The first-order valence-corrected chi connectivity index (χ1v) is 5.91. The first-order chi connectivity index (χ1) is 8.06. The predicted octanol–water partition coefficient (Wildman–Crippen LogP) is 3.91. The van der Waals surface area contributed by atoms with Crippen molar-refractivity contribution in [1.82, 2.24) is 0 Å². The molecular formula is C16H18O. The van der Waals surface area contributed by atoms with E-state index in [9.17, 15) is 5.11 Å². The lowest BCUT2D eigenvalue weighted by molar-refractivity contribution is 0.469. The van der Waals surface area contributed by atoms with Gasteiger partial charge < -0.3 is 5.11 Å². The Bertz CT molecular complexity index is 492. The first kappa shape index (κ1) is 11.7. The molecule has 0 spiro atoms. The van der Waals surface area contributed by atoms with Gasteiger partial charge >= 0.3 is 0 Å². The number of hydrogen-bond donors (Lipinski definition) is 1. The molecule has 0 fully saturated rings. The van der Waals surface area contributed by atoms with Gasteiger partial charge in [-0.25, -0.2) is 0 Å². The molecule has 1 nitrogen and oxygen atoms in total. The number of aryl methyl sites for hydroxylation is 3. The average molecular weight is 226 g/mol. The summed E-state index contributed by atoms with van der Waals surface area (Å²) >= 11 is 0. The Hall–Kier alpha value is -1.76. The summed E-state index contributed by atoms with van der Waals surface area (Å²) < 4.78 is 0. The van der Waals surface area contributed by atoms with Crippen LogP contribution < -0.4 is 0 Å². The molecule has 2 aromatic rings. The molecule has 0 amide bonds. The largest absolute Gasteiger partial charge is 0.508 e. The highest BCUT2D eigenvalue weighted by atomic mass is 16.3. The summed E-state index contributed by atoms with van der Waals surface area (Å²) in [5, 5.41) is 9.86. The molecule has 0 aromatic heterocycles. The maximum atomic E-state index is 9.86. The molecule has 17 heavy (non-hydrogen) atoms. The normalized spacial score (nSPS) is 10.5. The van der Waals surface area contributed by atoms with Gasteiger partial charge in [-0.05, 0) is 43.5 Å².